The molecule has 2 aliphatic rings. The summed E-state index contributed by atoms with van der Waals surface area (Å²) >= 11 is 1.48. The molecule has 2 heterocycles. The number of aryl methyl sites for hydroxylation is 1. The fourth-order valence-electron chi connectivity index (χ4n) is 3.44. The van der Waals surface area contributed by atoms with Crippen molar-refractivity contribution in [2.45, 2.75) is 39.2 Å². The van der Waals surface area contributed by atoms with Crippen molar-refractivity contribution in [1.29, 1.82) is 0 Å². The summed E-state index contributed by atoms with van der Waals surface area (Å²) in [5.74, 6) is 1.05. The van der Waals surface area contributed by atoms with E-state index in [1.54, 1.807) is 25.1 Å². The Bertz CT molecular complexity index is 906. The van der Waals surface area contributed by atoms with Gasteiger partial charge in [-0.3, -0.25) is 4.79 Å². The molecule has 7 heteroatoms. The highest BCUT2D eigenvalue weighted by Gasteiger charge is 2.24. The first kappa shape index (κ1) is 18.8. The molecule has 28 heavy (non-hydrogen) atoms. The van der Waals surface area contributed by atoms with E-state index in [9.17, 15) is 9.59 Å². The summed E-state index contributed by atoms with van der Waals surface area (Å²) < 4.78 is 16.4. The molecule has 1 aliphatic carbocycles. The van der Waals surface area contributed by atoms with Crippen molar-refractivity contribution in [3.05, 3.63) is 39.6 Å². The lowest BCUT2D eigenvalue weighted by Crippen LogP contribution is -2.29. The Balaban J connectivity index is 1.37. The van der Waals surface area contributed by atoms with Gasteiger partial charge in [0.05, 0.1) is 0 Å². The van der Waals surface area contributed by atoms with E-state index in [0.717, 1.165) is 19.3 Å². The summed E-state index contributed by atoms with van der Waals surface area (Å²) in [6.45, 7) is 4.78. The van der Waals surface area contributed by atoms with Crippen LogP contribution in [0.5, 0.6) is 11.5 Å². The van der Waals surface area contributed by atoms with Crippen molar-refractivity contribution in [1.82, 2.24) is 0 Å². The number of hydrogen-bond donors (Lipinski definition) is 1. The number of benzene rings is 1. The number of fused-ring (bicyclic) bond motifs is 2. The molecule has 0 spiro atoms. The second-order valence-electron chi connectivity index (χ2n) is 7.30. The van der Waals surface area contributed by atoms with Crippen LogP contribution in [0.15, 0.2) is 24.3 Å². The van der Waals surface area contributed by atoms with Crippen LogP contribution >= 0.6 is 11.3 Å². The van der Waals surface area contributed by atoms with Crippen LogP contribution < -0.4 is 14.8 Å². The normalized spacial score (nSPS) is 18.7. The Hall–Kier alpha value is -2.54. The number of thiophene rings is 1. The van der Waals surface area contributed by atoms with Crippen LogP contribution in [0.2, 0.25) is 0 Å². The lowest BCUT2D eigenvalue weighted by atomic mass is 9.90. The van der Waals surface area contributed by atoms with Gasteiger partial charge < -0.3 is 19.5 Å². The van der Waals surface area contributed by atoms with E-state index in [-0.39, 0.29) is 5.91 Å². The summed E-state index contributed by atoms with van der Waals surface area (Å²) in [5.41, 5.74) is 1.81. The van der Waals surface area contributed by atoms with Crippen LogP contribution in [0.1, 0.15) is 40.4 Å². The molecular formula is C21H23NO5S. The Morgan fingerprint density at radius 2 is 2.00 bits per heavy atom. The Morgan fingerprint density at radius 1 is 1.21 bits per heavy atom. The molecule has 0 saturated carbocycles. The van der Waals surface area contributed by atoms with E-state index in [2.05, 4.69) is 12.2 Å². The zero-order valence-electron chi connectivity index (χ0n) is 15.9. The van der Waals surface area contributed by atoms with Crippen molar-refractivity contribution in [2.24, 2.45) is 5.92 Å². The van der Waals surface area contributed by atoms with Crippen LogP contribution in [-0.4, -0.2) is 31.2 Å². The first-order chi connectivity index (χ1) is 13.5. The van der Waals surface area contributed by atoms with Gasteiger partial charge in [-0.1, -0.05) is 6.92 Å². The molecule has 1 aromatic heterocycles. The topological polar surface area (TPSA) is 73.9 Å². The fraction of sp³-hybridized carbons (Fsp3) is 0.429. The van der Waals surface area contributed by atoms with E-state index in [1.165, 1.54) is 21.8 Å². The highest BCUT2D eigenvalue weighted by Crippen LogP contribution is 2.34. The number of esters is 1. The highest BCUT2D eigenvalue weighted by molar-refractivity contribution is 7.14. The number of anilines is 1. The van der Waals surface area contributed by atoms with Crippen LogP contribution in [0.3, 0.4) is 0 Å². The molecule has 1 N–H and O–H groups in total. The molecule has 0 fully saturated rings. The van der Waals surface area contributed by atoms with Gasteiger partial charge >= 0.3 is 5.97 Å². The Morgan fingerprint density at radius 3 is 2.82 bits per heavy atom. The first-order valence-corrected chi connectivity index (χ1v) is 10.3. The number of hydrogen-bond acceptors (Lipinski definition) is 6. The summed E-state index contributed by atoms with van der Waals surface area (Å²) in [6.07, 6.45) is 2.25. The maximum Gasteiger partial charge on any atom is 0.349 e. The van der Waals surface area contributed by atoms with E-state index >= 15 is 0 Å². The van der Waals surface area contributed by atoms with E-state index < -0.39 is 12.1 Å². The predicted molar refractivity (Wildman–Crippen MR) is 106 cm³/mol. The highest BCUT2D eigenvalue weighted by atomic mass is 32.1. The van der Waals surface area contributed by atoms with Gasteiger partial charge in [0.1, 0.15) is 18.1 Å². The molecule has 0 radical (unpaired) electrons. The van der Waals surface area contributed by atoms with E-state index in [1.807, 2.05) is 6.07 Å². The second kappa shape index (κ2) is 7.83. The van der Waals surface area contributed by atoms with Gasteiger partial charge in [0, 0.05) is 16.6 Å². The smallest absolute Gasteiger partial charge is 0.349 e. The molecule has 0 saturated heterocycles. The monoisotopic (exact) mass is 401 g/mol. The number of carbonyl (C=O) groups excluding carboxylic acids is 2. The second-order valence-corrected chi connectivity index (χ2v) is 8.44. The number of rotatable bonds is 4. The first-order valence-electron chi connectivity index (χ1n) is 9.52. The summed E-state index contributed by atoms with van der Waals surface area (Å²) in [4.78, 5) is 26.7. The fourth-order valence-corrected chi connectivity index (χ4v) is 4.53. The maximum absolute atomic E-state index is 12.5. The Kier molecular flexibility index (Phi) is 5.26. The van der Waals surface area contributed by atoms with Crippen LogP contribution in [-0.2, 0) is 22.4 Å². The lowest BCUT2D eigenvalue weighted by molar-refractivity contribution is -0.123. The quantitative estimate of drug-likeness (QED) is 0.789. The van der Waals surface area contributed by atoms with Gasteiger partial charge in [0.15, 0.2) is 17.6 Å². The van der Waals surface area contributed by atoms with Crippen molar-refractivity contribution >= 4 is 28.9 Å². The van der Waals surface area contributed by atoms with E-state index in [4.69, 9.17) is 14.2 Å². The third-order valence-corrected chi connectivity index (χ3v) is 6.21. The minimum atomic E-state index is -0.904. The third-order valence-electron chi connectivity index (χ3n) is 4.99. The molecular weight excluding hydrogens is 378 g/mol. The minimum Gasteiger partial charge on any atom is -0.486 e. The average molecular weight is 401 g/mol. The molecule has 4 rings (SSSR count). The van der Waals surface area contributed by atoms with Crippen LogP contribution in [0.4, 0.5) is 5.69 Å². The van der Waals surface area contributed by atoms with Crippen molar-refractivity contribution in [2.75, 3.05) is 18.5 Å². The third kappa shape index (κ3) is 3.99. The maximum atomic E-state index is 12.5. The van der Waals surface area contributed by atoms with Crippen LogP contribution in [0.25, 0.3) is 0 Å². The summed E-state index contributed by atoms with van der Waals surface area (Å²) in [5, 5.41) is 2.76. The zero-order valence-corrected chi connectivity index (χ0v) is 16.8. The van der Waals surface area contributed by atoms with Gasteiger partial charge in [-0.15, -0.1) is 11.3 Å². The summed E-state index contributed by atoms with van der Waals surface area (Å²) in [7, 11) is 0. The Labute approximate surface area is 167 Å². The number of carbonyl (C=O) groups is 2. The van der Waals surface area contributed by atoms with Crippen LogP contribution in [0, 0.1) is 5.92 Å². The van der Waals surface area contributed by atoms with Gasteiger partial charge in [0.2, 0.25) is 0 Å². The molecule has 1 amide bonds. The molecule has 0 bridgehead atoms. The van der Waals surface area contributed by atoms with Gasteiger partial charge in [-0.05, 0) is 55.9 Å². The van der Waals surface area contributed by atoms with Gasteiger partial charge in [0.25, 0.3) is 5.91 Å². The predicted octanol–water partition coefficient (Wildman–Crippen LogP) is 3.83. The molecule has 1 aliphatic heterocycles. The molecule has 148 valence electrons. The van der Waals surface area contributed by atoms with Crippen molar-refractivity contribution in [3.8, 4) is 11.5 Å². The lowest BCUT2D eigenvalue weighted by Gasteiger charge is -2.19. The average Bonchev–Trinajstić information content (AvgIpc) is 3.11. The van der Waals surface area contributed by atoms with Gasteiger partial charge in [-0.2, -0.15) is 0 Å². The minimum absolute atomic E-state index is 0.389. The molecule has 6 nitrogen and oxygen atoms in total. The van der Waals surface area contributed by atoms with Crippen molar-refractivity contribution < 1.29 is 23.8 Å². The van der Waals surface area contributed by atoms with E-state index in [0.29, 0.717) is 41.2 Å². The summed E-state index contributed by atoms with van der Waals surface area (Å²) in [6, 6.07) is 7.10. The van der Waals surface area contributed by atoms with Gasteiger partial charge in [-0.25, -0.2) is 4.79 Å². The number of amides is 1. The zero-order chi connectivity index (χ0) is 19.7. The number of nitrogens with one attached hydrogen (secondary N) is 1. The number of ether oxygens (including phenoxy) is 3. The largest absolute Gasteiger partial charge is 0.486 e. The SMILES string of the molecule is C[C@@H]1CCc2sc(C(=O)O[C@H](C)C(=O)Nc3ccc4c(c3)OCCO4)cc2C1. The van der Waals surface area contributed by atoms with Crippen molar-refractivity contribution in [3.63, 3.8) is 0 Å². The molecule has 2 atom stereocenters. The standard InChI is InChI=1S/C21H23NO5S/c1-12-3-6-18-14(9-12)10-19(28-18)21(24)27-13(2)20(23)22-15-4-5-16-17(11-15)26-8-7-25-16/h4-5,10-13H,3,6-9H2,1-2H3,(H,22,23)/t12-,13-/m1/s1. The molecule has 0 unspecified atom stereocenters. The molecule has 2 aromatic rings. The molecule has 1 aromatic carbocycles.